The summed E-state index contributed by atoms with van der Waals surface area (Å²) in [6.07, 6.45) is 0. The van der Waals surface area contributed by atoms with Crippen LogP contribution in [0.2, 0.25) is 5.02 Å². The van der Waals surface area contributed by atoms with E-state index in [9.17, 15) is 13.2 Å². The highest BCUT2D eigenvalue weighted by Gasteiger charge is 2.20. The Bertz CT molecular complexity index is 1230. The molecule has 2 N–H and O–H groups in total. The van der Waals surface area contributed by atoms with Crippen molar-refractivity contribution in [3.05, 3.63) is 71.2 Å². The summed E-state index contributed by atoms with van der Waals surface area (Å²) in [6, 6.07) is 16.2. The highest BCUT2D eigenvalue weighted by atomic mass is 35.5. The van der Waals surface area contributed by atoms with Crippen molar-refractivity contribution in [1.82, 2.24) is 0 Å². The van der Waals surface area contributed by atoms with E-state index in [1.165, 1.54) is 38.3 Å². The maximum absolute atomic E-state index is 13.0. The molecule has 0 atom stereocenters. The lowest BCUT2D eigenvalue weighted by molar-refractivity contribution is -0.114. The molecule has 0 aliphatic heterocycles. The van der Waals surface area contributed by atoms with Gasteiger partial charge in [0.1, 0.15) is 11.5 Å². The second-order valence-electron chi connectivity index (χ2n) is 6.71. The van der Waals surface area contributed by atoms with Crippen molar-refractivity contribution in [3.8, 4) is 17.2 Å². The number of methoxy groups -OCH3 is 1. The Morgan fingerprint density at radius 2 is 1.74 bits per heavy atom. The first-order valence-electron chi connectivity index (χ1n) is 9.20. The van der Waals surface area contributed by atoms with Crippen LogP contribution in [-0.2, 0) is 14.8 Å². The van der Waals surface area contributed by atoms with Gasteiger partial charge in [-0.25, -0.2) is 8.42 Å². The topological polar surface area (TPSA) is 93.7 Å². The molecule has 0 unspecified atom stereocenters. The lowest BCUT2D eigenvalue weighted by Gasteiger charge is -2.15. The second kappa shape index (κ2) is 9.28. The minimum Gasteiger partial charge on any atom is -0.495 e. The number of carbonyl (C=O) groups is 1. The lowest BCUT2D eigenvalue weighted by Crippen LogP contribution is -2.14. The fourth-order valence-corrected chi connectivity index (χ4v) is 4.06. The zero-order valence-electron chi connectivity index (χ0n) is 17.1. The standard InChI is InChI=1S/C22H21ClN2O5S/c1-14-5-4-6-17(11-14)30-21-10-7-16(23)12-20(21)25-31(27,28)18-8-9-19(24-15(2)26)22(13-18)29-3/h4-13,25H,1-3H3,(H,24,26). The minimum absolute atomic E-state index is 0.0556. The van der Waals surface area contributed by atoms with E-state index in [1.54, 1.807) is 18.2 Å². The maximum atomic E-state index is 13.0. The molecule has 3 aromatic rings. The number of hydrogen-bond donors (Lipinski definition) is 2. The van der Waals surface area contributed by atoms with Gasteiger partial charge < -0.3 is 14.8 Å². The van der Waals surface area contributed by atoms with Crippen molar-refractivity contribution in [3.63, 3.8) is 0 Å². The van der Waals surface area contributed by atoms with Crippen molar-refractivity contribution in [2.24, 2.45) is 0 Å². The van der Waals surface area contributed by atoms with Crippen molar-refractivity contribution in [2.45, 2.75) is 18.7 Å². The number of amides is 1. The molecule has 3 rings (SSSR count). The summed E-state index contributed by atoms with van der Waals surface area (Å²) in [5, 5.41) is 2.93. The molecular weight excluding hydrogens is 440 g/mol. The first kappa shape index (κ1) is 22.5. The molecule has 162 valence electrons. The fourth-order valence-electron chi connectivity index (χ4n) is 2.81. The van der Waals surface area contributed by atoms with Gasteiger partial charge in [0.05, 0.1) is 23.4 Å². The first-order valence-corrected chi connectivity index (χ1v) is 11.1. The van der Waals surface area contributed by atoms with Crippen LogP contribution in [0.15, 0.2) is 65.6 Å². The van der Waals surface area contributed by atoms with E-state index in [2.05, 4.69) is 10.0 Å². The van der Waals surface area contributed by atoms with Crippen molar-refractivity contribution in [2.75, 3.05) is 17.1 Å². The zero-order chi connectivity index (χ0) is 22.6. The number of ether oxygens (including phenoxy) is 2. The number of anilines is 2. The molecule has 1 amide bonds. The number of aryl methyl sites for hydroxylation is 1. The van der Waals surface area contributed by atoms with Gasteiger partial charge in [0, 0.05) is 18.0 Å². The second-order valence-corrected chi connectivity index (χ2v) is 8.83. The van der Waals surface area contributed by atoms with Crippen molar-refractivity contribution >= 4 is 38.9 Å². The predicted molar refractivity (Wildman–Crippen MR) is 121 cm³/mol. The van der Waals surface area contributed by atoms with Crippen LogP contribution >= 0.6 is 11.6 Å². The third kappa shape index (κ3) is 5.68. The molecule has 0 fully saturated rings. The molecule has 0 saturated carbocycles. The van der Waals surface area contributed by atoms with E-state index >= 15 is 0 Å². The van der Waals surface area contributed by atoms with E-state index in [0.717, 1.165) is 5.56 Å². The normalized spacial score (nSPS) is 11.0. The van der Waals surface area contributed by atoms with E-state index < -0.39 is 10.0 Å². The molecule has 31 heavy (non-hydrogen) atoms. The van der Waals surface area contributed by atoms with Gasteiger partial charge in [0.25, 0.3) is 10.0 Å². The number of nitrogens with one attached hydrogen (secondary N) is 2. The Hall–Kier alpha value is -3.23. The van der Waals surface area contributed by atoms with Crippen molar-refractivity contribution in [1.29, 1.82) is 0 Å². The van der Waals surface area contributed by atoms with Crippen molar-refractivity contribution < 1.29 is 22.7 Å². The average molecular weight is 461 g/mol. The van der Waals surface area contributed by atoms with E-state index in [-0.39, 0.29) is 22.2 Å². The molecule has 0 saturated heterocycles. The predicted octanol–water partition coefficient (Wildman–Crippen LogP) is 5.21. The van der Waals surface area contributed by atoms with Gasteiger partial charge in [0.2, 0.25) is 5.91 Å². The lowest BCUT2D eigenvalue weighted by atomic mass is 10.2. The Morgan fingerprint density at radius 1 is 0.968 bits per heavy atom. The van der Waals surface area contributed by atoms with Gasteiger partial charge in [-0.1, -0.05) is 23.7 Å². The molecular formula is C22H21ClN2O5S. The minimum atomic E-state index is -4.01. The first-order chi connectivity index (χ1) is 14.7. The van der Waals surface area contributed by atoms with Crippen LogP contribution in [0.5, 0.6) is 17.2 Å². The monoisotopic (exact) mass is 460 g/mol. The van der Waals surface area contributed by atoms with Gasteiger partial charge >= 0.3 is 0 Å². The van der Waals surface area contributed by atoms with Crippen LogP contribution in [0.25, 0.3) is 0 Å². The number of halogens is 1. The van der Waals surface area contributed by atoms with E-state index in [0.29, 0.717) is 22.2 Å². The summed E-state index contributed by atoms with van der Waals surface area (Å²) in [4.78, 5) is 11.3. The fraction of sp³-hybridized carbons (Fsp3) is 0.136. The van der Waals surface area contributed by atoms with Gasteiger partial charge in [0.15, 0.2) is 5.75 Å². The number of benzene rings is 3. The van der Waals surface area contributed by atoms with Gasteiger partial charge in [-0.3, -0.25) is 9.52 Å². The summed E-state index contributed by atoms with van der Waals surface area (Å²) >= 11 is 6.09. The highest BCUT2D eigenvalue weighted by molar-refractivity contribution is 7.92. The number of hydrogen-bond acceptors (Lipinski definition) is 5. The van der Waals surface area contributed by atoms with Crippen LogP contribution in [0, 0.1) is 6.92 Å². The van der Waals surface area contributed by atoms with E-state index in [1.807, 2.05) is 25.1 Å². The Morgan fingerprint density at radius 3 is 2.42 bits per heavy atom. The zero-order valence-corrected chi connectivity index (χ0v) is 18.7. The number of rotatable bonds is 7. The molecule has 7 nitrogen and oxygen atoms in total. The number of carbonyl (C=O) groups excluding carboxylic acids is 1. The van der Waals surface area contributed by atoms with Crippen LogP contribution < -0.4 is 19.5 Å². The van der Waals surface area contributed by atoms with Crippen LogP contribution in [0.3, 0.4) is 0 Å². The molecule has 0 aromatic heterocycles. The third-order valence-electron chi connectivity index (χ3n) is 4.20. The van der Waals surface area contributed by atoms with Gasteiger partial charge in [-0.05, 0) is 55.0 Å². The average Bonchev–Trinajstić information content (AvgIpc) is 2.69. The quantitative estimate of drug-likeness (QED) is 0.504. The Balaban J connectivity index is 1.94. The molecule has 0 bridgehead atoms. The van der Waals surface area contributed by atoms with Gasteiger partial charge in [-0.2, -0.15) is 0 Å². The highest BCUT2D eigenvalue weighted by Crippen LogP contribution is 2.35. The largest absolute Gasteiger partial charge is 0.495 e. The molecule has 0 spiro atoms. The molecule has 0 aliphatic carbocycles. The number of sulfonamides is 1. The SMILES string of the molecule is COc1cc(S(=O)(=O)Nc2cc(Cl)ccc2Oc2cccc(C)c2)ccc1NC(C)=O. The van der Waals surface area contributed by atoms with Crippen LogP contribution in [-0.4, -0.2) is 21.4 Å². The maximum Gasteiger partial charge on any atom is 0.262 e. The Labute approximate surface area is 186 Å². The molecule has 0 aliphatic rings. The van der Waals surface area contributed by atoms with Gasteiger partial charge in [-0.15, -0.1) is 0 Å². The third-order valence-corrected chi connectivity index (χ3v) is 5.80. The summed E-state index contributed by atoms with van der Waals surface area (Å²) < 4.78 is 39.6. The Kier molecular flexibility index (Phi) is 6.72. The molecule has 0 heterocycles. The molecule has 3 aromatic carbocycles. The summed E-state index contributed by atoms with van der Waals surface area (Å²) in [5.41, 5.74) is 1.54. The summed E-state index contributed by atoms with van der Waals surface area (Å²) in [5.74, 6) is 0.758. The summed E-state index contributed by atoms with van der Waals surface area (Å²) in [6.45, 7) is 3.27. The smallest absolute Gasteiger partial charge is 0.262 e. The molecule has 0 radical (unpaired) electrons. The van der Waals surface area contributed by atoms with E-state index in [4.69, 9.17) is 21.1 Å². The summed E-state index contributed by atoms with van der Waals surface area (Å²) in [7, 11) is -2.63. The van der Waals surface area contributed by atoms with Crippen LogP contribution in [0.4, 0.5) is 11.4 Å². The molecule has 9 heteroatoms. The van der Waals surface area contributed by atoms with Crippen LogP contribution in [0.1, 0.15) is 12.5 Å².